The van der Waals surface area contributed by atoms with Crippen LogP contribution in [0, 0.1) is 5.82 Å². The van der Waals surface area contributed by atoms with Crippen LogP contribution in [0.1, 0.15) is 6.92 Å². The van der Waals surface area contributed by atoms with E-state index in [2.05, 4.69) is 10.1 Å². The van der Waals surface area contributed by atoms with E-state index in [9.17, 15) is 9.18 Å². The maximum atomic E-state index is 13.6. The zero-order chi connectivity index (χ0) is 20.0. The first-order chi connectivity index (χ1) is 14.1. The molecule has 2 aromatic carbocycles. The van der Waals surface area contributed by atoms with Gasteiger partial charge in [-0.25, -0.2) is 9.18 Å². The fourth-order valence-electron chi connectivity index (χ4n) is 3.98. The Morgan fingerprint density at radius 3 is 2.76 bits per heavy atom. The van der Waals surface area contributed by atoms with Crippen molar-refractivity contribution in [1.29, 1.82) is 0 Å². The number of benzene rings is 2. The molecule has 29 heavy (non-hydrogen) atoms. The van der Waals surface area contributed by atoms with Gasteiger partial charge in [-0.15, -0.1) is 0 Å². The molecule has 1 atom stereocenters. The number of para-hydroxylation sites is 1. The number of ether oxygens (including phenoxy) is 1. The van der Waals surface area contributed by atoms with Crippen molar-refractivity contribution in [3.8, 4) is 5.75 Å². The van der Waals surface area contributed by atoms with Crippen molar-refractivity contribution in [2.45, 2.75) is 13.0 Å². The Morgan fingerprint density at radius 2 is 1.93 bits per heavy atom. The molecule has 1 aromatic heterocycles. The van der Waals surface area contributed by atoms with E-state index in [4.69, 9.17) is 9.26 Å². The molecule has 150 valence electrons. The Hall–Kier alpha value is -3.29. The van der Waals surface area contributed by atoms with Crippen molar-refractivity contribution in [1.82, 2.24) is 10.1 Å². The van der Waals surface area contributed by atoms with Crippen molar-refractivity contribution in [3.63, 3.8) is 0 Å². The average Bonchev–Trinajstić information content (AvgIpc) is 3.18. The van der Waals surface area contributed by atoms with Crippen LogP contribution in [0.3, 0.4) is 0 Å². The highest BCUT2D eigenvalue weighted by Crippen LogP contribution is 2.35. The van der Waals surface area contributed by atoms with E-state index in [1.165, 1.54) is 12.1 Å². The highest BCUT2D eigenvalue weighted by molar-refractivity contribution is 5.95. The van der Waals surface area contributed by atoms with Crippen molar-refractivity contribution in [2.75, 3.05) is 42.6 Å². The lowest BCUT2D eigenvalue weighted by atomic mass is 10.1. The highest BCUT2D eigenvalue weighted by Gasteiger charge is 2.34. The smallest absolute Gasteiger partial charge is 0.325 e. The second-order valence-electron chi connectivity index (χ2n) is 7.40. The molecule has 0 aliphatic carbocycles. The molecule has 7 nitrogen and oxygen atoms in total. The van der Waals surface area contributed by atoms with E-state index in [1.807, 2.05) is 36.1 Å². The quantitative estimate of drug-likeness (QED) is 0.630. The predicted octanol–water partition coefficient (Wildman–Crippen LogP) is 3.50. The molecule has 0 bridgehead atoms. The van der Waals surface area contributed by atoms with E-state index >= 15 is 0 Å². The number of amides is 2. The van der Waals surface area contributed by atoms with Crippen LogP contribution in [-0.2, 0) is 0 Å². The van der Waals surface area contributed by atoms with Gasteiger partial charge in [0.2, 0.25) is 0 Å². The molecule has 0 saturated carbocycles. The summed E-state index contributed by atoms with van der Waals surface area (Å²) in [4.78, 5) is 18.9. The van der Waals surface area contributed by atoms with Crippen LogP contribution in [0.2, 0.25) is 0 Å². The molecular weight excluding hydrogens is 375 g/mol. The number of anilines is 2. The number of hydrogen-bond donors (Lipinski definition) is 0. The molecule has 8 heteroatoms. The summed E-state index contributed by atoms with van der Waals surface area (Å²) in [6, 6.07) is 11.8. The van der Waals surface area contributed by atoms with Crippen molar-refractivity contribution < 1.29 is 18.4 Å². The number of nitrogens with zero attached hydrogens (tertiary/aromatic N) is 4. The summed E-state index contributed by atoms with van der Waals surface area (Å²) in [6.07, 6.45) is 0. The van der Waals surface area contributed by atoms with Crippen LogP contribution >= 0.6 is 0 Å². The molecule has 1 fully saturated rings. The minimum absolute atomic E-state index is 0.0849. The topological polar surface area (TPSA) is 62.1 Å². The Balaban J connectivity index is 1.33. The first kappa shape index (κ1) is 17.8. The molecule has 0 N–H and O–H groups in total. The number of halogens is 1. The number of fused-ring (bicyclic) bond motifs is 2. The maximum absolute atomic E-state index is 13.6. The fourth-order valence-corrected chi connectivity index (χ4v) is 3.98. The highest BCUT2D eigenvalue weighted by atomic mass is 19.1. The van der Waals surface area contributed by atoms with Gasteiger partial charge >= 0.3 is 6.03 Å². The Kier molecular flexibility index (Phi) is 4.26. The molecule has 3 heterocycles. The second kappa shape index (κ2) is 6.95. The van der Waals surface area contributed by atoms with Crippen LogP contribution in [0.25, 0.3) is 11.0 Å². The van der Waals surface area contributed by atoms with E-state index in [0.717, 1.165) is 16.8 Å². The van der Waals surface area contributed by atoms with Crippen LogP contribution in [0.4, 0.5) is 20.7 Å². The first-order valence-corrected chi connectivity index (χ1v) is 9.71. The van der Waals surface area contributed by atoms with E-state index < -0.39 is 0 Å². The van der Waals surface area contributed by atoms with Gasteiger partial charge in [-0.1, -0.05) is 17.3 Å². The molecule has 3 aromatic rings. The summed E-state index contributed by atoms with van der Waals surface area (Å²) in [5.74, 6) is 0.844. The first-order valence-electron chi connectivity index (χ1n) is 9.71. The third-order valence-corrected chi connectivity index (χ3v) is 5.52. The molecule has 0 radical (unpaired) electrons. The molecule has 0 spiro atoms. The van der Waals surface area contributed by atoms with Crippen LogP contribution in [0.15, 0.2) is 47.0 Å². The third-order valence-electron chi connectivity index (χ3n) is 5.52. The summed E-state index contributed by atoms with van der Waals surface area (Å²) < 4.78 is 24.6. The molecular formula is C21H21FN4O3. The summed E-state index contributed by atoms with van der Waals surface area (Å²) in [5.41, 5.74) is 1.37. The molecule has 1 unspecified atom stereocenters. The average molecular weight is 396 g/mol. The van der Waals surface area contributed by atoms with Crippen LogP contribution in [-0.4, -0.2) is 54.9 Å². The molecule has 2 aliphatic rings. The van der Waals surface area contributed by atoms with Gasteiger partial charge in [0.05, 0.1) is 17.1 Å². The number of urea groups is 1. The van der Waals surface area contributed by atoms with Gasteiger partial charge in [0, 0.05) is 32.2 Å². The number of piperazine rings is 1. The second-order valence-corrected chi connectivity index (χ2v) is 7.40. The van der Waals surface area contributed by atoms with Crippen molar-refractivity contribution in [2.24, 2.45) is 0 Å². The van der Waals surface area contributed by atoms with Gasteiger partial charge in [-0.2, -0.15) is 0 Å². The maximum Gasteiger partial charge on any atom is 0.325 e. The fraction of sp³-hybridized carbons (Fsp3) is 0.333. The van der Waals surface area contributed by atoms with Crippen molar-refractivity contribution in [3.05, 3.63) is 48.3 Å². The minimum atomic E-state index is -0.376. The number of carbonyl (C=O) groups excluding carboxylic acids is 1. The van der Waals surface area contributed by atoms with Gasteiger partial charge in [0.25, 0.3) is 0 Å². The molecule has 2 amide bonds. The summed E-state index contributed by atoms with van der Waals surface area (Å²) in [6.45, 7) is 4.74. The SMILES string of the molecule is CC1COc2cc(F)ccc2N1C(=O)N1CCN(c2noc3ccccc23)CC1. The van der Waals surface area contributed by atoms with Crippen molar-refractivity contribution >= 4 is 28.5 Å². The number of aromatic nitrogens is 1. The van der Waals surface area contributed by atoms with Crippen LogP contribution in [0.5, 0.6) is 5.75 Å². The Morgan fingerprint density at radius 1 is 1.14 bits per heavy atom. The van der Waals surface area contributed by atoms with Crippen LogP contribution < -0.4 is 14.5 Å². The van der Waals surface area contributed by atoms with Gasteiger partial charge < -0.3 is 19.1 Å². The minimum Gasteiger partial charge on any atom is -0.489 e. The lowest BCUT2D eigenvalue weighted by molar-refractivity contribution is 0.190. The summed E-state index contributed by atoms with van der Waals surface area (Å²) in [5, 5.41) is 5.19. The van der Waals surface area contributed by atoms with E-state index in [-0.39, 0.29) is 17.9 Å². The number of carbonyl (C=O) groups is 1. The lowest BCUT2D eigenvalue weighted by Crippen LogP contribution is -2.56. The third kappa shape index (κ3) is 3.04. The Bertz CT molecular complexity index is 1060. The summed E-state index contributed by atoms with van der Waals surface area (Å²) in [7, 11) is 0. The number of rotatable bonds is 1. The predicted molar refractivity (Wildman–Crippen MR) is 107 cm³/mol. The zero-order valence-electron chi connectivity index (χ0n) is 16.0. The molecule has 1 saturated heterocycles. The standard InChI is InChI=1S/C21H21FN4O3/c1-14-13-28-19-12-15(22)6-7-17(19)26(14)21(27)25-10-8-24(9-11-25)20-16-4-2-3-5-18(16)29-23-20/h2-7,12,14H,8-11,13H2,1H3. The number of hydrogen-bond acceptors (Lipinski definition) is 5. The van der Waals surface area contributed by atoms with E-state index in [0.29, 0.717) is 44.2 Å². The monoisotopic (exact) mass is 396 g/mol. The van der Waals surface area contributed by atoms with Gasteiger partial charge in [-0.05, 0) is 31.2 Å². The van der Waals surface area contributed by atoms with Gasteiger partial charge in [0.15, 0.2) is 11.4 Å². The largest absolute Gasteiger partial charge is 0.489 e. The normalized spacial score (nSPS) is 19.2. The summed E-state index contributed by atoms with van der Waals surface area (Å²) >= 11 is 0. The molecule has 2 aliphatic heterocycles. The van der Waals surface area contributed by atoms with Gasteiger partial charge in [0.1, 0.15) is 18.2 Å². The zero-order valence-corrected chi connectivity index (χ0v) is 16.0. The molecule has 5 rings (SSSR count). The van der Waals surface area contributed by atoms with E-state index in [1.54, 1.807) is 11.0 Å². The van der Waals surface area contributed by atoms with Gasteiger partial charge in [-0.3, -0.25) is 4.90 Å². The lowest BCUT2D eigenvalue weighted by Gasteiger charge is -2.41. The Labute approximate surface area is 167 Å².